The van der Waals surface area contributed by atoms with Gasteiger partial charge in [0.1, 0.15) is 16.2 Å². The zero-order chi connectivity index (χ0) is 17.9. The molecule has 1 heterocycles. The van der Waals surface area contributed by atoms with Crippen LogP contribution in [0.3, 0.4) is 0 Å². The van der Waals surface area contributed by atoms with E-state index < -0.39 is 0 Å². The maximum atomic E-state index is 12.3. The summed E-state index contributed by atoms with van der Waals surface area (Å²) in [5, 5.41) is 2.79. The molecule has 1 amide bonds. The van der Waals surface area contributed by atoms with Gasteiger partial charge in [-0.25, -0.2) is 4.98 Å². The van der Waals surface area contributed by atoms with Crippen molar-refractivity contribution in [2.45, 2.75) is 45.4 Å². The highest BCUT2D eigenvalue weighted by Gasteiger charge is 2.08. The molecule has 1 N–H and O–H groups in total. The maximum absolute atomic E-state index is 12.3. The van der Waals surface area contributed by atoms with Crippen molar-refractivity contribution in [2.75, 3.05) is 11.9 Å². The molecule has 0 aliphatic heterocycles. The van der Waals surface area contributed by atoms with Crippen LogP contribution in [0.2, 0.25) is 0 Å². The number of ether oxygens (including phenoxy) is 1. The molecule has 1 aromatic carbocycles. The topological polar surface area (TPSA) is 51.2 Å². The van der Waals surface area contributed by atoms with E-state index in [0.29, 0.717) is 22.6 Å². The number of anilines is 1. The second-order valence-electron chi connectivity index (χ2n) is 5.94. The summed E-state index contributed by atoms with van der Waals surface area (Å²) < 4.78 is 6.45. The summed E-state index contributed by atoms with van der Waals surface area (Å²) in [7, 11) is 0. The van der Waals surface area contributed by atoms with Crippen LogP contribution in [0.1, 0.15) is 55.8 Å². The first kappa shape index (κ1) is 19.4. The van der Waals surface area contributed by atoms with Crippen LogP contribution in [0.15, 0.2) is 47.1 Å². The number of nitrogens with one attached hydrogen (secondary N) is 1. The van der Waals surface area contributed by atoms with Gasteiger partial charge in [0.25, 0.3) is 5.91 Å². The predicted octanol–water partition coefficient (Wildman–Crippen LogP) is 5.84. The van der Waals surface area contributed by atoms with E-state index in [1.165, 1.54) is 32.1 Å². The molecule has 0 saturated heterocycles. The Morgan fingerprint density at radius 2 is 1.84 bits per heavy atom. The fraction of sp³-hybridized carbons (Fsp3) is 0.400. The number of unbranched alkanes of at least 4 members (excludes halogenated alkanes) is 5. The first-order valence-electron chi connectivity index (χ1n) is 8.86. The van der Waals surface area contributed by atoms with Crippen LogP contribution >= 0.6 is 15.9 Å². The Balaban J connectivity index is 1.80. The van der Waals surface area contributed by atoms with Crippen molar-refractivity contribution in [3.05, 3.63) is 52.6 Å². The molecule has 0 bridgehead atoms. The standard InChI is InChI=1S/C20H25BrN2O2/c1-2-3-4-5-6-7-14-25-17-11-8-10-16(15-17)20(24)23-19-13-9-12-18(21)22-19/h8-13,15H,2-7,14H2,1H3,(H,22,23,24). The SMILES string of the molecule is CCCCCCCCOc1cccc(C(=O)Nc2cccc(Br)n2)c1. The minimum Gasteiger partial charge on any atom is -0.494 e. The van der Waals surface area contributed by atoms with Gasteiger partial charge in [0.05, 0.1) is 6.61 Å². The van der Waals surface area contributed by atoms with E-state index in [4.69, 9.17) is 4.74 Å². The average molecular weight is 405 g/mol. The number of halogens is 1. The van der Waals surface area contributed by atoms with E-state index in [0.717, 1.165) is 12.2 Å². The summed E-state index contributed by atoms with van der Waals surface area (Å²) in [5.41, 5.74) is 0.558. The second-order valence-corrected chi connectivity index (χ2v) is 6.76. The van der Waals surface area contributed by atoms with Gasteiger partial charge in [0.2, 0.25) is 0 Å². The Hall–Kier alpha value is -1.88. The number of rotatable bonds is 10. The van der Waals surface area contributed by atoms with Gasteiger partial charge in [0.15, 0.2) is 0 Å². The molecule has 4 nitrogen and oxygen atoms in total. The molecule has 5 heteroatoms. The fourth-order valence-corrected chi connectivity index (χ4v) is 2.81. The predicted molar refractivity (Wildman–Crippen MR) is 105 cm³/mol. The normalized spacial score (nSPS) is 10.5. The Morgan fingerprint density at radius 1 is 1.08 bits per heavy atom. The number of hydrogen-bond acceptors (Lipinski definition) is 3. The molecule has 1 aromatic heterocycles. The van der Waals surface area contributed by atoms with Crippen LogP contribution in [0.5, 0.6) is 5.75 Å². The number of carbonyl (C=O) groups is 1. The molecule has 0 atom stereocenters. The minimum absolute atomic E-state index is 0.199. The van der Waals surface area contributed by atoms with Crippen molar-refractivity contribution in [2.24, 2.45) is 0 Å². The number of hydrogen-bond donors (Lipinski definition) is 1. The first-order chi connectivity index (χ1) is 12.2. The average Bonchev–Trinajstić information content (AvgIpc) is 2.61. The van der Waals surface area contributed by atoms with Gasteiger partial charge < -0.3 is 10.1 Å². The molecule has 0 aliphatic rings. The summed E-state index contributed by atoms with van der Waals surface area (Å²) in [5.74, 6) is 1.04. The highest BCUT2D eigenvalue weighted by atomic mass is 79.9. The van der Waals surface area contributed by atoms with Crippen LogP contribution in [-0.4, -0.2) is 17.5 Å². The van der Waals surface area contributed by atoms with E-state index in [-0.39, 0.29) is 5.91 Å². The third-order valence-corrected chi connectivity index (χ3v) is 4.26. The van der Waals surface area contributed by atoms with Crippen molar-refractivity contribution in [3.63, 3.8) is 0 Å². The van der Waals surface area contributed by atoms with Crippen LogP contribution in [0, 0.1) is 0 Å². The van der Waals surface area contributed by atoms with E-state index in [1.807, 2.05) is 24.3 Å². The van der Waals surface area contributed by atoms with Crippen LogP contribution in [0.4, 0.5) is 5.82 Å². The van der Waals surface area contributed by atoms with E-state index in [9.17, 15) is 4.79 Å². The third kappa shape index (κ3) is 7.26. The number of carbonyl (C=O) groups excluding carboxylic acids is 1. The third-order valence-electron chi connectivity index (χ3n) is 3.82. The van der Waals surface area contributed by atoms with Crippen LogP contribution in [0.25, 0.3) is 0 Å². The molecule has 0 saturated carbocycles. The number of pyridine rings is 1. The van der Waals surface area contributed by atoms with Crippen LogP contribution in [-0.2, 0) is 0 Å². The van der Waals surface area contributed by atoms with E-state index >= 15 is 0 Å². The zero-order valence-corrected chi connectivity index (χ0v) is 16.2. The molecule has 0 fully saturated rings. The Morgan fingerprint density at radius 3 is 2.64 bits per heavy atom. The van der Waals surface area contributed by atoms with Gasteiger partial charge in [-0.15, -0.1) is 0 Å². The fourth-order valence-electron chi connectivity index (χ4n) is 2.47. The summed E-state index contributed by atoms with van der Waals surface area (Å²) >= 11 is 3.29. The highest BCUT2D eigenvalue weighted by Crippen LogP contribution is 2.16. The molecular weight excluding hydrogens is 380 g/mol. The lowest BCUT2D eigenvalue weighted by Gasteiger charge is -2.09. The Labute approximate surface area is 158 Å². The van der Waals surface area contributed by atoms with Gasteiger partial charge in [0, 0.05) is 5.56 Å². The lowest BCUT2D eigenvalue weighted by Crippen LogP contribution is -2.13. The smallest absolute Gasteiger partial charge is 0.256 e. The van der Waals surface area contributed by atoms with Gasteiger partial charge in [-0.1, -0.05) is 51.2 Å². The summed E-state index contributed by atoms with van der Waals surface area (Å²) in [6, 6.07) is 12.6. The molecule has 25 heavy (non-hydrogen) atoms. The van der Waals surface area contributed by atoms with Gasteiger partial charge in [-0.2, -0.15) is 0 Å². The van der Waals surface area contributed by atoms with Crippen molar-refractivity contribution in [1.29, 1.82) is 0 Å². The number of nitrogens with zero attached hydrogens (tertiary/aromatic N) is 1. The van der Waals surface area contributed by atoms with Crippen molar-refractivity contribution in [3.8, 4) is 5.75 Å². The number of benzene rings is 1. The molecule has 2 rings (SSSR count). The van der Waals surface area contributed by atoms with Crippen LogP contribution < -0.4 is 10.1 Å². The monoisotopic (exact) mass is 404 g/mol. The molecule has 0 aliphatic carbocycles. The van der Waals surface area contributed by atoms with E-state index in [1.54, 1.807) is 18.2 Å². The minimum atomic E-state index is -0.199. The summed E-state index contributed by atoms with van der Waals surface area (Å²) in [6.45, 7) is 2.91. The van der Waals surface area contributed by atoms with Crippen molar-refractivity contribution < 1.29 is 9.53 Å². The quantitative estimate of drug-likeness (QED) is 0.399. The highest BCUT2D eigenvalue weighted by molar-refractivity contribution is 9.10. The van der Waals surface area contributed by atoms with E-state index in [2.05, 4.69) is 33.2 Å². The van der Waals surface area contributed by atoms with Crippen molar-refractivity contribution in [1.82, 2.24) is 4.98 Å². The molecule has 0 radical (unpaired) electrons. The maximum Gasteiger partial charge on any atom is 0.256 e. The summed E-state index contributed by atoms with van der Waals surface area (Å²) in [6.07, 6.45) is 7.37. The van der Waals surface area contributed by atoms with Gasteiger partial charge in [-0.3, -0.25) is 4.79 Å². The molecule has 134 valence electrons. The molecule has 0 spiro atoms. The number of amides is 1. The molecular formula is C20H25BrN2O2. The number of aromatic nitrogens is 1. The Bertz CT molecular complexity index is 676. The van der Waals surface area contributed by atoms with Crippen molar-refractivity contribution >= 4 is 27.7 Å². The molecule has 0 unspecified atom stereocenters. The second kappa shape index (κ2) is 10.9. The largest absolute Gasteiger partial charge is 0.494 e. The lowest BCUT2D eigenvalue weighted by atomic mass is 10.1. The zero-order valence-electron chi connectivity index (χ0n) is 14.6. The summed E-state index contributed by atoms with van der Waals surface area (Å²) in [4.78, 5) is 16.5. The van der Waals surface area contributed by atoms with Gasteiger partial charge >= 0.3 is 0 Å². The Kier molecular flexibility index (Phi) is 8.46. The molecule has 2 aromatic rings. The first-order valence-corrected chi connectivity index (χ1v) is 9.65. The van der Waals surface area contributed by atoms with Gasteiger partial charge in [-0.05, 0) is 52.7 Å². The lowest BCUT2D eigenvalue weighted by molar-refractivity contribution is 0.102.